The third-order valence-corrected chi connectivity index (χ3v) is 4.68. The molecule has 2 heterocycles. The molecule has 2 aromatic rings. The van der Waals surface area contributed by atoms with E-state index in [2.05, 4.69) is 5.16 Å². The first kappa shape index (κ1) is 20.3. The Hall–Kier alpha value is -2.45. The quantitative estimate of drug-likeness (QED) is 0.720. The number of carbonyl (C=O) groups excluding carboxylic acids is 2. The summed E-state index contributed by atoms with van der Waals surface area (Å²) in [7, 11) is 0. The van der Waals surface area contributed by atoms with E-state index >= 15 is 0 Å². The number of morpholine rings is 1. The van der Waals surface area contributed by atoms with E-state index in [-0.39, 0.29) is 45.7 Å². The third-order valence-electron chi connectivity index (χ3n) is 4.37. The average molecular weight is 411 g/mol. The van der Waals surface area contributed by atoms with Crippen molar-refractivity contribution in [3.05, 3.63) is 40.4 Å². The number of hydrogen-bond acceptors (Lipinski definition) is 6. The number of nitrogens with zero attached hydrogens (tertiary/aromatic N) is 2. The number of rotatable bonds is 4. The lowest BCUT2D eigenvalue weighted by Crippen LogP contribution is -2.49. The second kappa shape index (κ2) is 8.28. The van der Waals surface area contributed by atoms with Crippen molar-refractivity contribution in [3.8, 4) is 11.3 Å². The van der Waals surface area contributed by atoms with E-state index in [9.17, 15) is 14.0 Å². The average Bonchev–Trinajstić information content (AvgIpc) is 2.99. The van der Waals surface area contributed by atoms with Crippen LogP contribution in [0.2, 0.25) is 5.02 Å². The van der Waals surface area contributed by atoms with Crippen molar-refractivity contribution in [2.24, 2.45) is 0 Å². The molecule has 1 saturated heterocycles. The summed E-state index contributed by atoms with van der Waals surface area (Å²) in [6, 6.07) is 4.11. The number of esters is 1. The maximum Gasteiger partial charge on any atom is 0.344 e. The van der Waals surface area contributed by atoms with Gasteiger partial charge in [0, 0.05) is 13.1 Å². The second-order valence-electron chi connectivity index (χ2n) is 6.69. The van der Waals surface area contributed by atoms with Crippen molar-refractivity contribution in [2.45, 2.75) is 33.0 Å². The Morgan fingerprint density at radius 3 is 2.64 bits per heavy atom. The highest BCUT2D eigenvalue weighted by molar-refractivity contribution is 6.33. The zero-order valence-corrected chi connectivity index (χ0v) is 16.5. The molecule has 0 spiro atoms. The van der Waals surface area contributed by atoms with Crippen molar-refractivity contribution in [3.63, 3.8) is 0 Å². The molecule has 7 nitrogen and oxygen atoms in total. The summed E-state index contributed by atoms with van der Waals surface area (Å²) >= 11 is 6.06. The van der Waals surface area contributed by atoms with E-state index in [1.807, 2.05) is 13.8 Å². The van der Waals surface area contributed by atoms with E-state index in [4.69, 9.17) is 25.6 Å². The number of carbonyl (C=O) groups is 2. The standard InChI is InChI=1S/C19H20ClFN2O5/c1-10-7-23(8-11(2)27-10)15(24)9-26-19(25)16-12(3)28-22-18(16)17-13(20)5-4-6-14(17)21/h4-6,10-11H,7-9H2,1-3H3/t10-,11-/m1/s1. The van der Waals surface area contributed by atoms with Crippen LogP contribution in [0.4, 0.5) is 4.39 Å². The van der Waals surface area contributed by atoms with Crippen molar-refractivity contribution in [1.82, 2.24) is 10.1 Å². The molecule has 0 N–H and O–H groups in total. The summed E-state index contributed by atoms with van der Waals surface area (Å²) in [5.74, 6) is -1.69. The molecule has 1 amide bonds. The first-order chi connectivity index (χ1) is 13.3. The first-order valence-electron chi connectivity index (χ1n) is 8.79. The van der Waals surface area contributed by atoms with Crippen LogP contribution in [-0.4, -0.2) is 53.8 Å². The van der Waals surface area contributed by atoms with E-state index in [0.29, 0.717) is 13.1 Å². The Balaban J connectivity index is 1.75. The van der Waals surface area contributed by atoms with Crippen LogP contribution in [0.1, 0.15) is 30.0 Å². The Morgan fingerprint density at radius 2 is 2.00 bits per heavy atom. The molecule has 1 aliphatic heterocycles. The van der Waals surface area contributed by atoms with E-state index in [1.54, 1.807) is 4.90 Å². The van der Waals surface area contributed by atoms with Crippen molar-refractivity contribution >= 4 is 23.5 Å². The number of halogens is 2. The maximum absolute atomic E-state index is 14.2. The molecule has 2 atom stereocenters. The molecule has 1 aliphatic rings. The SMILES string of the molecule is Cc1onc(-c2c(F)cccc2Cl)c1C(=O)OCC(=O)N1C[C@@H](C)O[C@H](C)C1. The number of hydrogen-bond donors (Lipinski definition) is 0. The first-order valence-corrected chi connectivity index (χ1v) is 9.16. The molecule has 1 aromatic heterocycles. The molecule has 9 heteroatoms. The van der Waals surface area contributed by atoms with Gasteiger partial charge in [-0.15, -0.1) is 0 Å². The fourth-order valence-electron chi connectivity index (χ4n) is 3.18. The summed E-state index contributed by atoms with van der Waals surface area (Å²) < 4.78 is 30.0. The topological polar surface area (TPSA) is 81.9 Å². The van der Waals surface area contributed by atoms with Gasteiger partial charge >= 0.3 is 5.97 Å². The third kappa shape index (κ3) is 4.18. The normalized spacial score (nSPS) is 19.5. The molecular formula is C19H20ClFN2O5. The molecule has 1 fully saturated rings. The minimum Gasteiger partial charge on any atom is -0.452 e. The fraction of sp³-hybridized carbons (Fsp3) is 0.421. The molecular weight excluding hydrogens is 391 g/mol. The van der Waals surface area contributed by atoms with Crippen LogP contribution in [0, 0.1) is 12.7 Å². The highest BCUT2D eigenvalue weighted by atomic mass is 35.5. The molecule has 150 valence electrons. The molecule has 0 aliphatic carbocycles. The van der Waals surface area contributed by atoms with Crippen LogP contribution in [0.5, 0.6) is 0 Å². The van der Waals surface area contributed by atoms with Gasteiger partial charge in [-0.25, -0.2) is 9.18 Å². The van der Waals surface area contributed by atoms with Crippen molar-refractivity contribution in [1.29, 1.82) is 0 Å². The Bertz CT molecular complexity index is 870. The van der Waals surface area contributed by atoms with Crippen molar-refractivity contribution in [2.75, 3.05) is 19.7 Å². The van der Waals surface area contributed by atoms with Gasteiger partial charge in [-0.1, -0.05) is 22.8 Å². The van der Waals surface area contributed by atoms with Gasteiger partial charge < -0.3 is 18.9 Å². The number of aryl methyl sites for hydroxylation is 1. The van der Waals surface area contributed by atoms with Crippen LogP contribution >= 0.6 is 11.6 Å². The van der Waals surface area contributed by atoms with Gasteiger partial charge in [0.25, 0.3) is 5.91 Å². The predicted octanol–water partition coefficient (Wildman–Crippen LogP) is 3.24. The largest absolute Gasteiger partial charge is 0.452 e. The number of ether oxygens (including phenoxy) is 2. The summed E-state index contributed by atoms with van der Waals surface area (Å²) in [5, 5.41) is 3.83. The summed E-state index contributed by atoms with van der Waals surface area (Å²) in [6.07, 6.45) is -0.197. The van der Waals surface area contributed by atoms with Crippen LogP contribution < -0.4 is 0 Å². The van der Waals surface area contributed by atoms with Gasteiger partial charge in [0.15, 0.2) is 6.61 Å². The number of benzene rings is 1. The lowest BCUT2D eigenvalue weighted by atomic mass is 10.1. The Kier molecular flexibility index (Phi) is 6.00. The molecule has 0 radical (unpaired) electrons. The molecule has 0 saturated carbocycles. The highest BCUT2D eigenvalue weighted by Gasteiger charge is 2.29. The minimum absolute atomic E-state index is 0.0601. The van der Waals surface area contributed by atoms with Crippen molar-refractivity contribution < 1.29 is 28.0 Å². The van der Waals surface area contributed by atoms with Gasteiger partial charge in [-0.05, 0) is 32.9 Å². The molecule has 0 bridgehead atoms. The van der Waals surface area contributed by atoms with E-state index in [1.165, 1.54) is 25.1 Å². The van der Waals surface area contributed by atoms with Gasteiger partial charge in [-0.2, -0.15) is 0 Å². The maximum atomic E-state index is 14.2. The van der Waals surface area contributed by atoms with Crippen LogP contribution in [0.25, 0.3) is 11.3 Å². The zero-order chi connectivity index (χ0) is 20.4. The van der Waals surface area contributed by atoms with Crippen LogP contribution in [0.15, 0.2) is 22.7 Å². The second-order valence-corrected chi connectivity index (χ2v) is 7.10. The fourth-order valence-corrected chi connectivity index (χ4v) is 3.43. The lowest BCUT2D eigenvalue weighted by Gasteiger charge is -2.35. The Morgan fingerprint density at radius 1 is 1.32 bits per heavy atom. The Labute approximate surface area is 166 Å². The number of amides is 1. The summed E-state index contributed by atoms with van der Waals surface area (Å²) in [4.78, 5) is 26.5. The van der Waals surface area contributed by atoms with Gasteiger partial charge in [0.2, 0.25) is 0 Å². The molecule has 28 heavy (non-hydrogen) atoms. The van der Waals surface area contributed by atoms with Gasteiger partial charge in [0.05, 0.1) is 22.8 Å². The smallest absolute Gasteiger partial charge is 0.344 e. The van der Waals surface area contributed by atoms with Crippen LogP contribution in [0.3, 0.4) is 0 Å². The molecule has 1 aromatic carbocycles. The molecule has 3 rings (SSSR count). The van der Waals surface area contributed by atoms with E-state index < -0.39 is 18.4 Å². The predicted molar refractivity (Wildman–Crippen MR) is 98.5 cm³/mol. The monoisotopic (exact) mass is 410 g/mol. The molecule has 0 unspecified atom stereocenters. The van der Waals surface area contributed by atoms with Crippen LogP contribution in [-0.2, 0) is 14.3 Å². The van der Waals surface area contributed by atoms with Gasteiger partial charge in [0.1, 0.15) is 22.8 Å². The minimum atomic E-state index is -0.837. The zero-order valence-electron chi connectivity index (χ0n) is 15.7. The summed E-state index contributed by atoms with van der Waals surface area (Å²) in [6.45, 7) is 5.62. The number of aromatic nitrogens is 1. The van der Waals surface area contributed by atoms with Gasteiger partial charge in [-0.3, -0.25) is 4.79 Å². The summed E-state index contributed by atoms with van der Waals surface area (Å²) in [5.41, 5.74) is -0.190. The lowest BCUT2D eigenvalue weighted by molar-refractivity contribution is -0.146. The van der Waals surface area contributed by atoms with E-state index in [0.717, 1.165) is 0 Å². The highest BCUT2D eigenvalue weighted by Crippen LogP contribution is 2.33.